The Morgan fingerprint density at radius 3 is 2.40 bits per heavy atom. The van der Waals surface area contributed by atoms with Gasteiger partial charge in [-0.15, -0.1) is 0 Å². The highest BCUT2D eigenvalue weighted by molar-refractivity contribution is 7.89. The fourth-order valence-corrected chi connectivity index (χ4v) is 5.04. The number of piperazine rings is 1. The summed E-state index contributed by atoms with van der Waals surface area (Å²) < 4.78 is 32.9. The van der Waals surface area contributed by atoms with Crippen molar-refractivity contribution in [2.75, 3.05) is 31.6 Å². The van der Waals surface area contributed by atoms with Crippen LogP contribution in [0.2, 0.25) is 0 Å². The molecule has 1 atom stereocenters. The van der Waals surface area contributed by atoms with Gasteiger partial charge in [-0.05, 0) is 49.7 Å². The lowest BCUT2D eigenvalue weighted by Crippen LogP contribution is -2.53. The molecule has 3 rings (SSSR count). The second kappa shape index (κ2) is 7.06. The fraction of sp³-hybridized carbons (Fsp3) is 0.368. The van der Waals surface area contributed by atoms with E-state index in [1.54, 1.807) is 36.5 Å². The second-order valence-corrected chi connectivity index (χ2v) is 8.28. The Morgan fingerprint density at radius 2 is 1.80 bits per heavy atom. The summed E-state index contributed by atoms with van der Waals surface area (Å²) in [7, 11) is -1.93. The van der Waals surface area contributed by atoms with E-state index in [-0.39, 0.29) is 6.04 Å². The molecule has 0 aromatic heterocycles. The van der Waals surface area contributed by atoms with Crippen molar-refractivity contribution in [1.29, 1.82) is 0 Å². The van der Waals surface area contributed by atoms with Gasteiger partial charge in [-0.2, -0.15) is 4.31 Å². The van der Waals surface area contributed by atoms with Gasteiger partial charge in [0.1, 0.15) is 5.75 Å². The number of ether oxygens (including phenoxy) is 1. The molecule has 0 saturated carbocycles. The van der Waals surface area contributed by atoms with Gasteiger partial charge in [0.05, 0.1) is 12.0 Å². The van der Waals surface area contributed by atoms with Crippen LogP contribution in [0.1, 0.15) is 12.5 Å². The molecule has 0 N–H and O–H groups in total. The van der Waals surface area contributed by atoms with Gasteiger partial charge in [-0.25, -0.2) is 8.42 Å². The van der Waals surface area contributed by atoms with E-state index in [0.29, 0.717) is 35.8 Å². The van der Waals surface area contributed by atoms with E-state index < -0.39 is 10.0 Å². The maximum Gasteiger partial charge on any atom is 0.243 e. The predicted molar refractivity (Wildman–Crippen MR) is 99.7 cm³/mol. The molecule has 1 heterocycles. The van der Waals surface area contributed by atoms with Crippen LogP contribution in [-0.4, -0.2) is 45.5 Å². The van der Waals surface area contributed by atoms with Crippen molar-refractivity contribution < 1.29 is 13.2 Å². The number of benzene rings is 2. The topological polar surface area (TPSA) is 49.9 Å². The fourth-order valence-electron chi connectivity index (χ4n) is 3.32. The van der Waals surface area contributed by atoms with Crippen LogP contribution in [0.25, 0.3) is 0 Å². The van der Waals surface area contributed by atoms with Crippen molar-refractivity contribution in [3.63, 3.8) is 0 Å². The number of hydrogen-bond donors (Lipinski definition) is 0. The molecule has 1 aliphatic rings. The van der Waals surface area contributed by atoms with Gasteiger partial charge in [0.15, 0.2) is 0 Å². The van der Waals surface area contributed by atoms with Gasteiger partial charge >= 0.3 is 0 Å². The Hall–Kier alpha value is -2.05. The van der Waals surface area contributed by atoms with E-state index in [1.165, 1.54) is 0 Å². The Morgan fingerprint density at radius 1 is 1.08 bits per heavy atom. The molecular weight excluding hydrogens is 336 g/mol. The third-order valence-corrected chi connectivity index (χ3v) is 6.70. The van der Waals surface area contributed by atoms with E-state index in [1.807, 2.05) is 18.2 Å². The van der Waals surface area contributed by atoms with Crippen molar-refractivity contribution in [2.24, 2.45) is 0 Å². The molecule has 0 amide bonds. The van der Waals surface area contributed by atoms with Crippen LogP contribution in [-0.2, 0) is 10.0 Å². The van der Waals surface area contributed by atoms with Crippen molar-refractivity contribution in [3.8, 4) is 5.75 Å². The molecule has 2 aromatic rings. The summed E-state index contributed by atoms with van der Waals surface area (Å²) >= 11 is 0. The molecule has 1 saturated heterocycles. The van der Waals surface area contributed by atoms with Crippen LogP contribution in [0.5, 0.6) is 5.75 Å². The average molecular weight is 360 g/mol. The van der Waals surface area contributed by atoms with E-state index in [0.717, 1.165) is 5.69 Å². The zero-order chi connectivity index (χ0) is 18.0. The molecule has 0 bridgehead atoms. The Kier molecular flexibility index (Phi) is 5.01. The first-order chi connectivity index (χ1) is 11.9. The number of aryl methyl sites for hydroxylation is 1. The summed E-state index contributed by atoms with van der Waals surface area (Å²) in [4.78, 5) is 2.61. The summed E-state index contributed by atoms with van der Waals surface area (Å²) in [6.07, 6.45) is 0. The number of rotatable bonds is 4. The molecule has 5 nitrogen and oxygen atoms in total. The minimum absolute atomic E-state index is 0.115. The molecular formula is C19H24N2O3S. The lowest BCUT2D eigenvalue weighted by Gasteiger charge is -2.40. The summed E-state index contributed by atoms with van der Waals surface area (Å²) in [5.74, 6) is 0.665. The maximum atomic E-state index is 13.1. The van der Waals surface area contributed by atoms with Gasteiger partial charge in [0, 0.05) is 31.4 Å². The van der Waals surface area contributed by atoms with Crippen LogP contribution in [0.3, 0.4) is 0 Å². The third-order valence-electron chi connectivity index (χ3n) is 4.68. The molecule has 1 fully saturated rings. The summed E-state index contributed by atoms with van der Waals surface area (Å²) in [5, 5.41) is 0. The van der Waals surface area contributed by atoms with Gasteiger partial charge in [0.2, 0.25) is 10.0 Å². The SMILES string of the molecule is COc1ccc(S(=O)(=O)N2CCN(c3ccccc3)C(C)C2)c(C)c1. The second-order valence-electron chi connectivity index (χ2n) is 6.37. The largest absolute Gasteiger partial charge is 0.497 e. The summed E-state index contributed by atoms with van der Waals surface area (Å²) in [6.45, 7) is 5.50. The van der Waals surface area contributed by atoms with Crippen molar-refractivity contribution in [3.05, 3.63) is 54.1 Å². The molecule has 25 heavy (non-hydrogen) atoms. The predicted octanol–water partition coefficient (Wildman–Crippen LogP) is 2.90. The third kappa shape index (κ3) is 3.50. The van der Waals surface area contributed by atoms with Crippen molar-refractivity contribution in [2.45, 2.75) is 24.8 Å². The first-order valence-corrected chi connectivity index (χ1v) is 9.84. The highest BCUT2D eigenvalue weighted by atomic mass is 32.2. The summed E-state index contributed by atoms with van der Waals surface area (Å²) in [5.41, 5.74) is 1.84. The van der Waals surface area contributed by atoms with Crippen LogP contribution < -0.4 is 9.64 Å². The molecule has 0 radical (unpaired) electrons. The normalized spacial score (nSPS) is 19.0. The Labute approximate surface area is 149 Å². The number of para-hydroxylation sites is 1. The minimum atomic E-state index is -3.51. The minimum Gasteiger partial charge on any atom is -0.497 e. The Bertz CT molecular complexity index is 837. The number of nitrogens with zero attached hydrogens (tertiary/aromatic N) is 2. The highest BCUT2D eigenvalue weighted by Gasteiger charge is 2.33. The van der Waals surface area contributed by atoms with Crippen molar-refractivity contribution >= 4 is 15.7 Å². The van der Waals surface area contributed by atoms with Gasteiger partial charge in [-0.1, -0.05) is 18.2 Å². The highest BCUT2D eigenvalue weighted by Crippen LogP contribution is 2.27. The molecule has 134 valence electrons. The van der Waals surface area contributed by atoms with E-state index in [4.69, 9.17) is 4.74 Å². The van der Waals surface area contributed by atoms with E-state index >= 15 is 0 Å². The Balaban J connectivity index is 1.81. The number of methoxy groups -OCH3 is 1. The van der Waals surface area contributed by atoms with Gasteiger partial charge in [-0.3, -0.25) is 0 Å². The lowest BCUT2D eigenvalue weighted by molar-refractivity contribution is 0.342. The zero-order valence-corrected chi connectivity index (χ0v) is 15.7. The number of anilines is 1. The quantitative estimate of drug-likeness (QED) is 0.841. The molecule has 0 spiro atoms. The lowest BCUT2D eigenvalue weighted by atomic mass is 10.2. The summed E-state index contributed by atoms with van der Waals surface area (Å²) in [6, 6.07) is 15.3. The molecule has 1 aliphatic heterocycles. The molecule has 1 unspecified atom stereocenters. The van der Waals surface area contributed by atoms with Gasteiger partial charge in [0.25, 0.3) is 0 Å². The van der Waals surface area contributed by atoms with Crippen LogP contribution in [0.15, 0.2) is 53.4 Å². The van der Waals surface area contributed by atoms with E-state index in [2.05, 4.69) is 24.0 Å². The van der Waals surface area contributed by atoms with Crippen LogP contribution in [0.4, 0.5) is 5.69 Å². The number of sulfonamides is 1. The molecule has 6 heteroatoms. The van der Waals surface area contributed by atoms with Crippen LogP contribution in [0, 0.1) is 6.92 Å². The van der Waals surface area contributed by atoms with Crippen LogP contribution >= 0.6 is 0 Å². The standard InChI is InChI=1S/C19H24N2O3S/c1-15-13-18(24-3)9-10-19(15)25(22,23)20-11-12-21(16(2)14-20)17-7-5-4-6-8-17/h4-10,13,16H,11-12,14H2,1-3H3. The van der Waals surface area contributed by atoms with Crippen molar-refractivity contribution in [1.82, 2.24) is 4.31 Å². The molecule has 2 aromatic carbocycles. The zero-order valence-electron chi connectivity index (χ0n) is 14.8. The monoisotopic (exact) mass is 360 g/mol. The average Bonchev–Trinajstić information content (AvgIpc) is 2.62. The smallest absolute Gasteiger partial charge is 0.243 e. The first-order valence-electron chi connectivity index (χ1n) is 8.40. The van der Waals surface area contributed by atoms with E-state index in [9.17, 15) is 8.42 Å². The first kappa shape index (κ1) is 17.8. The molecule has 0 aliphatic carbocycles. The maximum absolute atomic E-state index is 13.1. The van der Waals surface area contributed by atoms with Gasteiger partial charge < -0.3 is 9.64 Å². The number of hydrogen-bond acceptors (Lipinski definition) is 4.